The summed E-state index contributed by atoms with van der Waals surface area (Å²) in [7, 11) is 0. The number of aliphatic carboxylic acids is 1. The molecule has 1 heterocycles. The van der Waals surface area contributed by atoms with E-state index in [9.17, 15) is 27.9 Å². The van der Waals surface area contributed by atoms with Crippen LogP contribution in [0.1, 0.15) is 34.5 Å². The van der Waals surface area contributed by atoms with Gasteiger partial charge in [0, 0.05) is 21.1 Å². The number of fused-ring (bicyclic) bond motifs is 1. The zero-order valence-electron chi connectivity index (χ0n) is 15.5. The van der Waals surface area contributed by atoms with E-state index in [0.717, 1.165) is 29.7 Å². The minimum Gasteiger partial charge on any atom is -0.481 e. The SMILES string of the molecule is NC(=O)c1sc2ccc(OC(F)(F)F)cc2c1-c1cccc(C2(CC(=O)O)CC2)c1. The number of amides is 1. The second-order valence-electron chi connectivity index (χ2n) is 7.31. The number of carboxylic acids is 1. The van der Waals surface area contributed by atoms with Crippen molar-refractivity contribution < 1.29 is 32.6 Å². The van der Waals surface area contributed by atoms with Gasteiger partial charge in [-0.25, -0.2) is 0 Å². The number of hydrogen-bond donors (Lipinski definition) is 2. The number of thiophene rings is 1. The van der Waals surface area contributed by atoms with Crippen LogP contribution in [0.15, 0.2) is 42.5 Å². The number of halogens is 3. The molecule has 0 bridgehead atoms. The predicted octanol–water partition coefficient (Wildman–Crippen LogP) is 5.07. The third kappa shape index (κ3) is 3.85. The van der Waals surface area contributed by atoms with E-state index in [2.05, 4.69) is 4.74 Å². The molecule has 1 fully saturated rings. The fourth-order valence-electron chi connectivity index (χ4n) is 3.75. The number of hydrogen-bond acceptors (Lipinski definition) is 4. The molecule has 1 amide bonds. The van der Waals surface area contributed by atoms with Crippen molar-refractivity contribution in [1.82, 2.24) is 0 Å². The lowest BCUT2D eigenvalue weighted by Crippen LogP contribution is -2.16. The Morgan fingerprint density at radius 2 is 1.90 bits per heavy atom. The zero-order chi connectivity index (χ0) is 21.7. The molecule has 1 aromatic heterocycles. The van der Waals surface area contributed by atoms with Crippen LogP contribution in [0, 0.1) is 0 Å². The van der Waals surface area contributed by atoms with Crippen molar-refractivity contribution in [2.45, 2.75) is 31.0 Å². The van der Waals surface area contributed by atoms with Crippen LogP contribution >= 0.6 is 11.3 Å². The molecule has 1 aliphatic rings. The second kappa shape index (κ2) is 7.02. The number of primary amides is 1. The molecular weight excluding hydrogens is 419 g/mol. The quantitative estimate of drug-likeness (QED) is 0.566. The smallest absolute Gasteiger partial charge is 0.481 e. The third-order valence-electron chi connectivity index (χ3n) is 5.22. The van der Waals surface area contributed by atoms with Crippen molar-refractivity contribution in [3.63, 3.8) is 0 Å². The van der Waals surface area contributed by atoms with E-state index >= 15 is 0 Å². The molecule has 0 saturated heterocycles. The van der Waals surface area contributed by atoms with Crippen LogP contribution in [0.25, 0.3) is 21.2 Å². The van der Waals surface area contributed by atoms with Crippen LogP contribution in [-0.4, -0.2) is 23.3 Å². The summed E-state index contributed by atoms with van der Waals surface area (Å²) in [6.45, 7) is 0. The topological polar surface area (TPSA) is 89.6 Å². The molecular formula is C21H16F3NO4S. The Morgan fingerprint density at radius 1 is 1.17 bits per heavy atom. The van der Waals surface area contributed by atoms with Gasteiger partial charge in [0.2, 0.25) is 0 Å². The van der Waals surface area contributed by atoms with Gasteiger partial charge in [0.25, 0.3) is 5.91 Å². The van der Waals surface area contributed by atoms with Crippen molar-refractivity contribution >= 4 is 33.3 Å². The largest absolute Gasteiger partial charge is 0.573 e. The van der Waals surface area contributed by atoms with Gasteiger partial charge in [0.15, 0.2) is 0 Å². The average molecular weight is 435 g/mol. The Hall–Kier alpha value is -3.07. The molecule has 4 rings (SSSR count). The number of alkyl halides is 3. The number of ether oxygens (including phenoxy) is 1. The van der Waals surface area contributed by atoms with Crippen molar-refractivity contribution in [1.29, 1.82) is 0 Å². The predicted molar refractivity (Wildman–Crippen MR) is 106 cm³/mol. The van der Waals surface area contributed by atoms with Crippen LogP contribution in [-0.2, 0) is 10.2 Å². The molecule has 0 spiro atoms. The van der Waals surface area contributed by atoms with Crippen molar-refractivity contribution in [2.24, 2.45) is 5.73 Å². The van der Waals surface area contributed by atoms with E-state index in [0.29, 0.717) is 21.2 Å². The molecule has 1 aliphatic carbocycles. The number of rotatable bonds is 6. The maximum absolute atomic E-state index is 12.7. The maximum Gasteiger partial charge on any atom is 0.573 e. The van der Waals surface area contributed by atoms with Gasteiger partial charge in [-0.2, -0.15) is 0 Å². The van der Waals surface area contributed by atoms with Gasteiger partial charge < -0.3 is 15.6 Å². The van der Waals surface area contributed by atoms with Gasteiger partial charge in [0.05, 0.1) is 6.42 Å². The number of carbonyl (C=O) groups excluding carboxylic acids is 1. The Morgan fingerprint density at radius 3 is 2.50 bits per heavy atom. The fourth-order valence-corrected chi connectivity index (χ4v) is 4.80. The standard InChI is InChI=1S/C21H16F3NO4S/c22-21(23,24)29-13-4-5-15-14(9-13)17(18(30-15)19(25)28)11-2-1-3-12(8-11)20(6-7-20)10-16(26)27/h1-5,8-9H,6-7,10H2,(H2,25,28)(H,26,27). The lowest BCUT2D eigenvalue weighted by atomic mass is 9.89. The van der Waals surface area contributed by atoms with Gasteiger partial charge in [-0.3, -0.25) is 9.59 Å². The van der Waals surface area contributed by atoms with Gasteiger partial charge >= 0.3 is 12.3 Å². The molecule has 1 saturated carbocycles. The Kier molecular flexibility index (Phi) is 4.73. The normalized spacial score (nSPS) is 15.2. The first-order valence-electron chi connectivity index (χ1n) is 9.03. The summed E-state index contributed by atoms with van der Waals surface area (Å²) in [6.07, 6.45) is -3.38. The molecule has 2 aromatic carbocycles. The highest BCUT2D eigenvalue weighted by atomic mass is 32.1. The molecule has 156 valence electrons. The van der Waals surface area contributed by atoms with E-state index in [1.807, 2.05) is 6.07 Å². The summed E-state index contributed by atoms with van der Waals surface area (Å²) in [5, 5.41) is 9.63. The first-order chi connectivity index (χ1) is 14.1. The first-order valence-corrected chi connectivity index (χ1v) is 9.84. The van der Waals surface area contributed by atoms with E-state index in [-0.39, 0.29) is 11.3 Å². The number of benzene rings is 2. The molecule has 30 heavy (non-hydrogen) atoms. The number of carboxylic acid groups (broad SMARTS) is 1. The lowest BCUT2D eigenvalue weighted by molar-refractivity contribution is -0.274. The van der Waals surface area contributed by atoms with Crippen molar-refractivity contribution in [2.75, 3.05) is 0 Å². The number of nitrogens with two attached hydrogens (primary N) is 1. The minimum absolute atomic E-state index is 0.00686. The van der Waals surface area contributed by atoms with E-state index in [1.165, 1.54) is 18.2 Å². The Labute approximate surface area is 172 Å². The summed E-state index contributed by atoms with van der Waals surface area (Å²) < 4.78 is 42.6. The third-order valence-corrected chi connectivity index (χ3v) is 6.41. The summed E-state index contributed by atoms with van der Waals surface area (Å²) in [5.74, 6) is -1.99. The molecule has 0 unspecified atom stereocenters. The Bertz CT molecular complexity index is 1160. The van der Waals surface area contributed by atoms with Gasteiger partial charge in [-0.05, 0) is 42.2 Å². The molecule has 3 N–H and O–H groups in total. The van der Waals surface area contributed by atoms with Crippen molar-refractivity contribution in [3.05, 3.63) is 52.9 Å². The molecule has 0 atom stereocenters. The monoisotopic (exact) mass is 435 g/mol. The average Bonchev–Trinajstić information content (AvgIpc) is 3.31. The van der Waals surface area contributed by atoms with E-state index in [4.69, 9.17) is 5.73 Å². The highest BCUT2D eigenvalue weighted by Crippen LogP contribution is 2.52. The molecule has 0 aliphatic heterocycles. The molecule has 9 heteroatoms. The summed E-state index contributed by atoms with van der Waals surface area (Å²) >= 11 is 1.09. The van der Waals surface area contributed by atoms with Crippen LogP contribution < -0.4 is 10.5 Å². The van der Waals surface area contributed by atoms with E-state index in [1.54, 1.807) is 18.2 Å². The van der Waals surface area contributed by atoms with E-state index < -0.39 is 29.4 Å². The fraction of sp³-hybridized carbons (Fsp3) is 0.238. The van der Waals surface area contributed by atoms with Gasteiger partial charge in [0.1, 0.15) is 10.6 Å². The van der Waals surface area contributed by atoms with Crippen molar-refractivity contribution in [3.8, 4) is 16.9 Å². The molecule has 5 nitrogen and oxygen atoms in total. The first kappa shape index (κ1) is 20.2. The summed E-state index contributed by atoms with van der Waals surface area (Å²) in [4.78, 5) is 23.5. The molecule has 3 aromatic rings. The van der Waals surface area contributed by atoms with Crippen LogP contribution in [0.4, 0.5) is 13.2 Å². The second-order valence-corrected chi connectivity index (χ2v) is 8.36. The number of carbonyl (C=O) groups is 2. The highest BCUT2D eigenvalue weighted by molar-refractivity contribution is 7.21. The Balaban J connectivity index is 1.86. The summed E-state index contributed by atoms with van der Waals surface area (Å²) in [6, 6.07) is 11.0. The minimum atomic E-state index is -4.84. The highest BCUT2D eigenvalue weighted by Gasteiger charge is 2.46. The van der Waals surface area contributed by atoms with Crippen LogP contribution in [0.2, 0.25) is 0 Å². The van der Waals surface area contributed by atoms with Crippen LogP contribution in [0.3, 0.4) is 0 Å². The summed E-state index contributed by atoms with van der Waals surface area (Å²) in [5.41, 5.74) is 6.92. The maximum atomic E-state index is 12.7. The van der Waals surface area contributed by atoms with Crippen LogP contribution in [0.5, 0.6) is 5.75 Å². The molecule has 0 radical (unpaired) electrons. The lowest BCUT2D eigenvalue weighted by Gasteiger charge is -2.15. The van der Waals surface area contributed by atoms with Gasteiger partial charge in [-0.15, -0.1) is 24.5 Å². The zero-order valence-corrected chi connectivity index (χ0v) is 16.3. The van der Waals surface area contributed by atoms with Gasteiger partial charge in [-0.1, -0.05) is 24.3 Å².